The Morgan fingerprint density at radius 3 is 1.85 bits per heavy atom. The molecule has 0 heterocycles. The van der Waals surface area contributed by atoms with E-state index in [1.807, 2.05) is 0 Å². The molecule has 0 amide bonds. The first kappa shape index (κ1) is 19.9. The average molecular weight is 305 g/mol. The Bertz CT molecular complexity index is 307. The minimum absolute atomic E-state index is 0.0807. The fourth-order valence-corrected chi connectivity index (χ4v) is 4.66. The zero-order chi connectivity index (χ0) is 15.4. The van der Waals surface area contributed by atoms with Gasteiger partial charge in [-0.1, -0.05) is 72.6 Å². The molecule has 0 aliphatic carbocycles. The van der Waals surface area contributed by atoms with Gasteiger partial charge in [-0.05, 0) is 25.2 Å². The lowest BCUT2D eigenvalue weighted by Gasteiger charge is -2.18. The monoisotopic (exact) mass is 304 g/mol. The van der Waals surface area contributed by atoms with Crippen LogP contribution in [0.3, 0.4) is 0 Å². The lowest BCUT2D eigenvalue weighted by molar-refractivity contribution is 0.520. The summed E-state index contributed by atoms with van der Waals surface area (Å²) in [6, 6.07) is 0. The van der Waals surface area contributed by atoms with Gasteiger partial charge in [0.15, 0.2) is 9.84 Å². The molecule has 0 bridgehead atoms. The van der Waals surface area contributed by atoms with Gasteiger partial charge in [-0.15, -0.1) is 0 Å². The molecular formula is C17H36O2S. The van der Waals surface area contributed by atoms with Gasteiger partial charge >= 0.3 is 0 Å². The van der Waals surface area contributed by atoms with E-state index < -0.39 is 9.84 Å². The third-order valence-corrected chi connectivity index (χ3v) is 6.29. The molecule has 122 valence electrons. The maximum atomic E-state index is 12.5. The fourth-order valence-electron chi connectivity index (χ4n) is 2.48. The van der Waals surface area contributed by atoms with Crippen LogP contribution in [0.25, 0.3) is 0 Å². The van der Waals surface area contributed by atoms with Crippen molar-refractivity contribution in [2.24, 2.45) is 5.92 Å². The quantitative estimate of drug-likeness (QED) is 0.429. The molecule has 0 aromatic heterocycles. The van der Waals surface area contributed by atoms with Gasteiger partial charge < -0.3 is 0 Å². The molecule has 2 nitrogen and oxygen atoms in total. The summed E-state index contributed by atoms with van der Waals surface area (Å²) in [4.78, 5) is 0. The highest BCUT2D eigenvalue weighted by Gasteiger charge is 2.24. The van der Waals surface area contributed by atoms with Crippen molar-refractivity contribution in [1.82, 2.24) is 0 Å². The normalized spacial score (nSPS) is 13.8. The first-order chi connectivity index (χ1) is 9.44. The molecule has 0 aliphatic heterocycles. The van der Waals surface area contributed by atoms with E-state index >= 15 is 0 Å². The Balaban J connectivity index is 4.30. The maximum Gasteiger partial charge on any atom is 0.153 e. The van der Waals surface area contributed by atoms with E-state index in [0.717, 1.165) is 38.5 Å². The zero-order valence-corrected chi connectivity index (χ0v) is 15.0. The van der Waals surface area contributed by atoms with Crippen molar-refractivity contribution >= 4 is 9.84 Å². The van der Waals surface area contributed by atoms with E-state index in [2.05, 4.69) is 27.7 Å². The molecule has 0 saturated carbocycles. The fraction of sp³-hybridized carbons (Fsp3) is 1.00. The summed E-state index contributed by atoms with van der Waals surface area (Å²) in [5.41, 5.74) is 0. The van der Waals surface area contributed by atoms with E-state index in [1.165, 1.54) is 25.7 Å². The van der Waals surface area contributed by atoms with E-state index in [1.54, 1.807) is 0 Å². The Morgan fingerprint density at radius 1 is 0.750 bits per heavy atom. The minimum atomic E-state index is -2.88. The molecule has 1 unspecified atom stereocenters. The highest BCUT2D eigenvalue weighted by molar-refractivity contribution is 7.92. The third-order valence-electron chi connectivity index (χ3n) is 4.00. The number of rotatable bonds is 13. The topological polar surface area (TPSA) is 34.1 Å². The molecule has 0 aromatic carbocycles. The van der Waals surface area contributed by atoms with Crippen molar-refractivity contribution in [3.8, 4) is 0 Å². The smallest absolute Gasteiger partial charge is 0.153 e. The molecule has 0 N–H and O–H groups in total. The predicted octanol–water partition coefficient (Wildman–Crippen LogP) is 5.37. The van der Waals surface area contributed by atoms with Crippen molar-refractivity contribution in [2.75, 3.05) is 5.75 Å². The SMILES string of the molecule is CCCCCCCC(CCCC)S(=O)(=O)CCC(C)C. The summed E-state index contributed by atoms with van der Waals surface area (Å²) in [6.07, 6.45) is 10.7. The van der Waals surface area contributed by atoms with E-state index in [4.69, 9.17) is 0 Å². The summed E-state index contributed by atoms with van der Waals surface area (Å²) < 4.78 is 24.9. The van der Waals surface area contributed by atoms with Crippen LogP contribution in [0, 0.1) is 5.92 Å². The van der Waals surface area contributed by atoms with Crippen LogP contribution in [0.15, 0.2) is 0 Å². The van der Waals surface area contributed by atoms with Crippen molar-refractivity contribution in [3.05, 3.63) is 0 Å². The van der Waals surface area contributed by atoms with Crippen LogP contribution in [0.4, 0.5) is 0 Å². The summed E-state index contributed by atoms with van der Waals surface area (Å²) in [6.45, 7) is 8.54. The van der Waals surface area contributed by atoms with Gasteiger partial charge in [0.25, 0.3) is 0 Å². The largest absolute Gasteiger partial charge is 0.229 e. The molecule has 20 heavy (non-hydrogen) atoms. The second kappa shape index (κ2) is 11.6. The Hall–Kier alpha value is -0.0500. The second-order valence-electron chi connectivity index (χ2n) is 6.52. The van der Waals surface area contributed by atoms with Crippen LogP contribution < -0.4 is 0 Å². The van der Waals surface area contributed by atoms with E-state index in [9.17, 15) is 8.42 Å². The van der Waals surface area contributed by atoms with Crippen LogP contribution in [-0.4, -0.2) is 19.4 Å². The number of hydrogen-bond donors (Lipinski definition) is 0. The van der Waals surface area contributed by atoms with Crippen LogP contribution in [0.1, 0.15) is 91.9 Å². The first-order valence-corrected chi connectivity index (χ1v) is 10.4. The third kappa shape index (κ3) is 9.79. The molecule has 0 rings (SSSR count). The average Bonchev–Trinajstić information content (AvgIpc) is 2.39. The second-order valence-corrected chi connectivity index (χ2v) is 8.92. The first-order valence-electron chi connectivity index (χ1n) is 8.65. The van der Waals surface area contributed by atoms with Crippen LogP contribution in [-0.2, 0) is 9.84 Å². The number of hydrogen-bond acceptors (Lipinski definition) is 2. The van der Waals surface area contributed by atoms with Gasteiger partial charge in [0.2, 0.25) is 0 Å². The standard InChI is InChI=1S/C17H36O2S/c1-5-7-9-10-11-13-17(12-8-6-2)20(18,19)15-14-16(3)4/h16-17H,5-15H2,1-4H3. The van der Waals surface area contributed by atoms with Gasteiger partial charge in [0.05, 0.1) is 11.0 Å². The summed E-state index contributed by atoms with van der Waals surface area (Å²) in [7, 11) is -2.88. The highest BCUT2D eigenvalue weighted by Crippen LogP contribution is 2.20. The van der Waals surface area contributed by atoms with Gasteiger partial charge in [-0.25, -0.2) is 8.42 Å². The van der Waals surface area contributed by atoms with Gasteiger partial charge in [0, 0.05) is 0 Å². The molecule has 0 aliphatic rings. The van der Waals surface area contributed by atoms with Crippen molar-refractivity contribution in [2.45, 2.75) is 97.2 Å². The van der Waals surface area contributed by atoms with Gasteiger partial charge in [-0.2, -0.15) is 0 Å². The van der Waals surface area contributed by atoms with Crippen molar-refractivity contribution < 1.29 is 8.42 Å². The number of unbranched alkanes of at least 4 members (excludes halogenated alkanes) is 5. The molecule has 1 atom stereocenters. The van der Waals surface area contributed by atoms with E-state index in [-0.39, 0.29) is 5.25 Å². The summed E-state index contributed by atoms with van der Waals surface area (Å²) in [5, 5.41) is -0.0807. The molecule has 3 heteroatoms. The van der Waals surface area contributed by atoms with Crippen LogP contribution >= 0.6 is 0 Å². The molecule has 0 radical (unpaired) electrons. The summed E-state index contributed by atoms with van der Waals surface area (Å²) >= 11 is 0. The Labute approximate surface area is 127 Å². The van der Waals surface area contributed by atoms with Crippen LogP contribution in [0.2, 0.25) is 0 Å². The minimum Gasteiger partial charge on any atom is -0.229 e. The molecular weight excluding hydrogens is 268 g/mol. The Kier molecular flexibility index (Phi) is 11.6. The molecule has 0 fully saturated rings. The van der Waals surface area contributed by atoms with Crippen LogP contribution in [0.5, 0.6) is 0 Å². The van der Waals surface area contributed by atoms with Crippen molar-refractivity contribution in [1.29, 1.82) is 0 Å². The Morgan fingerprint density at radius 2 is 1.30 bits per heavy atom. The highest BCUT2D eigenvalue weighted by atomic mass is 32.2. The zero-order valence-electron chi connectivity index (χ0n) is 14.2. The molecule has 0 aromatic rings. The van der Waals surface area contributed by atoms with Crippen molar-refractivity contribution in [3.63, 3.8) is 0 Å². The predicted molar refractivity (Wildman–Crippen MR) is 89.9 cm³/mol. The number of sulfone groups is 1. The molecule has 0 saturated heterocycles. The summed E-state index contributed by atoms with van der Waals surface area (Å²) in [5.74, 6) is 0.856. The maximum absolute atomic E-state index is 12.5. The van der Waals surface area contributed by atoms with Gasteiger partial charge in [-0.3, -0.25) is 0 Å². The lowest BCUT2D eigenvalue weighted by Crippen LogP contribution is -2.25. The van der Waals surface area contributed by atoms with Gasteiger partial charge in [0.1, 0.15) is 0 Å². The van der Waals surface area contributed by atoms with E-state index in [0.29, 0.717) is 11.7 Å². The molecule has 0 spiro atoms. The lowest BCUT2D eigenvalue weighted by atomic mass is 10.1.